The van der Waals surface area contributed by atoms with Crippen LogP contribution in [0.3, 0.4) is 0 Å². The predicted molar refractivity (Wildman–Crippen MR) is 63.1 cm³/mol. The molecule has 1 saturated heterocycles. The van der Waals surface area contributed by atoms with Gasteiger partial charge in [0.15, 0.2) is 11.5 Å². The molecule has 2 aromatic rings. The number of nitrogens with two attached hydrogens (primary N) is 1. The maximum atomic E-state index is 5.89. The molecule has 90 valence electrons. The molecule has 17 heavy (non-hydrogen) atoms. The highest BCUT2D eigenvalue weighted by Crippen LogP contribution is 2.34. The minimum Gasteiger partial charge on any atom is -0.382 e. The lowest BCUT2D eigenvalue weighted by molar-refractivity contribution is 0.00797. The zero-order valence-corrected chi connectivity index (χ0v) is 9.87. The van der Waals surface area contributed by atoms with Crippen LogP contribution >= 0.6 is 0 Å². The first kappa shape index (κ1) is 10.5. The number of hydrogen-bond acceptors (Lipinski definition) is 5. The smallest absolute Gasteiger partial charge is 0.167 e. The van der Waals surface area contributed by atoms with Gasteiger partial charge in [0.05, 0.1) is 12.4 Å². The Morgan fingerprint density at radius 2 is 2.18 bits per heavy atom. The van der Waals surface area contributed by atoms with E-state index >= 15 is 0 Å². The molecule has 1 aliphatic heterocycles. The Balaban J connectivity index is 2.04. The van der Waals surface area contributed by atoms with Crippen molar-refractivity contribution in [3.8, 4) is 0 Å². The van der Waals surface area contributed by atoms with E-state index in [-0.39, 0.29) is 12.3 Å². The van der Waals surface area contributed by atoms with Gasteiger partial charge in [0.25, 0.3) is 0 Å². The molecule has 0 aliphatic carbocycles. The van der Waals surface area contributed by atoms with Crippen molar-refractivity contribution < 1.29 is 4.74 Å². The van der Waals surface area contributed by atoms with Crippen molar-refractivity contribution in [1.82, 2.24) is 19.5 Å². The van der Waals surface area contributed by atoms with Gasteiger partial charge in [0.2, 0.25) is 0 Å². The molecule has 3 atom stereocenters. The molecule has 6 nitrogen and oxygen atoms in total. The van der Waals surface area contributed by atoms with Crippen molar-refractivity contribution in [1.29, 1.82) is 0 Å². The summed E-state index contributed by atoms with van der Waals surface area (Å²) < 4.78 is 7.83. The predicted octanol–water partition coefficient (Wildman–Crippen LogP) is 1.35. The van der Waals surface area contributed by atoms with Gasteiger partial charge in [0.1, 0.15) is 18.1 Å². The van der Waals surface area contributed by atoms with Crippen LogP contribution in [0, 0.1) is 5.92 Å². The first-order valence-electron chi connectivity index (χ1n) is 5.75. The molecule has 0 amide bonds. The van der Waals surface area contributed by atoms with Crippen LogP contribution in [-0.2, 0) is 4.74 Å². The molecule has 0 unspecified atom stereocenters. The van der Waals surface area contributed by atoms with Gasteiger partial charge in [-0.05, 0) is 19.3 Å². The van der Waals surface area contributed by atoms with Crippen LogP contribution in [0.2, 0.25) is 0 Å². The number of hydrogen-bond donors (Lipinski definition) is 1. The standard InChI is InChI=1S/C11H15N5O/c1-6-3-8(17-7(6)2)16-5-15-9-10(12)13-4-14-11(9)16/h4-8H,3H2,1-2H3,(H2,12,13,14)/t6-,7+,8+/m0/s1. The van der Waals surface area contributed by atoms with E-state index in [1.807, 2.05) is 4.57 Å². The molecule has 0 aromatic carbocycles. The third-order valence-electron chi connectivity index (χ3n) is 3.44. The molecule has 3 heterocycles. The SMILES string of the molecule is C[C@H]1C[C@H](n2cnc3c(N)ncnc32)O[C@@H]1C. The molecular weight excluding hydrogens is 218 g/mol. The van der Waals surface area contributed by atoms with E-state index in [4.69, 9.17) is 10.5 Å². The van der Waals surface area contributed by atoms with Gasteiger partial charge in [-0.15, -0.1) is 0 Å². The topological polar surface area (TPSA) is 78.9 Å². The number of anilines is 1. The van der Waals surface area contributed by atoms with Crippen LogP contribution in [0.1, 0.15) is 26.5 Å². The maximum absolute atomic E-state index is 5.89. The second-order valence-corrected chi connectivity index (χ2v) is 4.59. The van der Waals surface area contributed by atoms with Crippen LogP contribution in [-0.4, -0.2) is 25.6 Å². The molecule has 1 fully saturated rings. The number of ether oxygens (including phenoxy) is 1. The van der Waals surface area contributed by atoms with Crippen molar-refractivity contribution in [2.24, 2.45) is 5.92 Å². The third kappa shape index (κ3) is 1.56. The van der Waals surface area contributed by atoms with E-state index in [0.717, 1.165) is 12.1 Å². The summed E-state index contributed by atoms with van der Waals surface area (Å²) in [6.45, 7) is 4.28. The largest absolute Gasteiger partial charge is 0.382 e. The summed E-state index contributed by atoms with van der Waals surface area (Å²) in [6, 6.07) is 0. The minimum absolute atomic E-state index is 0.000648. The molecule has 0 saturated carbocycles. The first-order chi connectivity index (χ1) is 8.16. The van der Waals surface area contributed by atoms with Gasteiger partial charge < -0.3 is 10.5 Å². The van der Waals surface area contributed by atoms with Crippen molar-refractivity contribution >= 4 is 17.0 Å². The zero-order chi connectivity index (χ0) is 12.0. The van der Waals surface area contributed by atoms with Crippen LogP contribution in [0.4, 0.5) is 5.82 Å². The summed E-state index contributed by atoms with van der Waals surface area (Å²) >= 11 is 0. The van der Waals surface area contributed by atoms with Gasteiger partial charge in [-0.1, -0.05) is 6.92 Å². The highest BCUT2D eigenvalue weighted by atomic mass is 16.5. The molecule has 6 heteroatoms. The lowest BCUT2D eigenvalue weighted by Gasteiger charge is -2.12. The number of nitrogens with zero attached hydrogens (tertiary/aromatic N) is 4. The number of imidazole rings is 1. The van der Waals surface area contributed by atoms with Crippen LogP contribution in [0.25, 0.3) is 11.2 Å². The van der Waals surface area contributed by atoms with Crippen molar-refractivity contribution in [2.45, 2.75) is 32.6 Å². The molecule has 2 aromatic heterocycles. The Bertz CT molecular complexity index is 542. The number of nitrogen functional groups attached to an aromatic ring is 1. The average molecular weight is 233 g/mol. The lowest BCUT2D eigenvalue weighted by atomic mass is 10.1. The van der Waals surface area contributed by atoms with Crippen molar-refractivity contribution in [3.05, 3.63) is 12.7 Å². The van der Waals surface area contributed by atoms with E-state index in [1.165, 1.54) is 6.33 Å². The molecule has 0 bridgehead atoms. The average Bonchev–Trinajstić information content (AvgIpc) is 2.85. The van der Waals surface area contributed by atoms with Gasteiger partial charge in [-0.3, -0.25) is 4.57 Å². The molecule has 1 aliphatic rings. The van der Waals surface area contributed by atoms with Gasteiger partial charge >= 0.3 is 0 Å². The molecular formula is C11H15N5O. The lowest BCUT2D eigenvalue weighted by Crippen LogP contribution is -2.09. The summed E-state index contributed by atoms with van der Waals surface area (Å²) in [7, 11) is 0. The Labute approximate surface area is 98.8 Å². The second kappa shape index (κ2) is 3.66. The van der Waals surface area contributed by atoms with Gasteiger partial charge in [-0.25, -0.2) is 15.0 Å². The van der Waals surface area contributed by atoms with E-state index in [2.05, 4.69) is 28.8 Å². The highest BCUT2D eigenvalue weighted by Gasteiger charge is 2.31. The minimum atomic E-state index is -0.000648. The third-order valence-corrected chi connectivity index (χ3v) is 3.44. The summed E-state index contributed by atoms with van der Waals surface area (Å²) in [4.78, 5) is 12.4. The molecule has 0 radical (unpaired) electrons. The fourth-order valence-corrected chi connectivity index (χ4v) is 2.21. The monoisotopic (exact) mass is 233 g/mol. The number of aromatic nitrogens is 4. The Morgan fingerprint density at radius 1 is 1.35 bits per heavy atom. The highest BCUT2D eigenvalue weighted by molar-refractivity contribution is 5.81. The fourth-order valence-electron chi connectivity index (χ4n) is 2.21. The Kier molecular flexibility index (Phi) is 2.25. The van der Waals surface area contributed by atoms with Crippen molar-refractivity contribution in [3.63, 3.8) is 0 Å². The second-order valence-electron chi connectivity index (χ2n) is 4.59. The Hall–Kier alpha value is -1.69. The normalized spacial score (nSPS) is 28.9. The van der Waals surface area contributed by atoms with Gasteiger partial charge in [0, 0.05) is 0 Å². The maximum Gasteiger partial charge on any atom is 0.167 e. The first-order valence-corrected chi connectivity index (χ1v) is 5.75. The van der Waals surface area contributed by atoms with Crippen LogP contribution in [0.5, 0.6) is 0 Å². The van der Waals surface area contributed by atoms with E-state index in [0.29, 0.717) is 17.3 Å². The molecule has 0 spiro atoms. The molecule has 3 rings (SSSR count). The summed E-state index contributed by atoms with van der Waals surface area (Å²) in [5.41, 5.74) is 7.14. The van der Waals surface area contributed by atoms with Crippen LogP contribution < -0.4 is 5.73 Å². The van der Waals surface area contributed by atoms with E-state index in [9.17, 15) is 0 Å². The quantitative estimate of drug-likeness (QED) is 0.804. The van der Waals surface area contributed by atoms with Crippen molar-refractivity contribution in [2.75, 3.05) is 5.73 Å². The Morgan fingerprint density at radius 3 is 2.88 bits per heavy atom. The van der Waals surface area contributed by atoms with Crippen LogP contribution in [0.15, 0.2) is 12.7 Å². The summed E-state index contributed by atoms with van der Waals surface area (Å²) in [6.07, 6.45) is 4.41. The number of rotatable bonds is 1. The summed E-state index contributed by atoms with van der Waals surface area (Å²) in [5.74, 6) is 0.949. The molecule has 2 N–H and O–H groups in total. The fraction of sp³-hybridized carbons (Fsp3) is 0.545. The summed E-state index contributed by atoms with van der Waals surface area (Å²) in [5, 5.41) is 0. The van der Waals surface area contributed by atoms with Gasteiger partial charge in [-0.2, -0.15) is 0 Å². The number of fused-ring (bicyclic) bond motifs is 1. The van der Waals surface area contributed by atoms with E-state index in [1.54, 1.807) is 6.33 Å². The zero-order valence-electron chi connectivity index (χ0n) is 9.87. The van der Waals surface area contributed by atoms with E-state index < -0.39 is 0 Å².